The number of nitrogens with zero attached hydrogens (tertiary/aromatic N) is 2. The minimum absolute atomic E-state index is 0.0366. The monoisotopic (exact) mass is 517 g/mol. The van der Waals surface area contributed by atoms with Crippen LogP contribution in [-0.2, 0) is 22.9 Å². The standard InChI is InChI=1S/C21H30FN3O7P2/c1-25(20-4-2-3-8-23-20)9-7-21(26)24-18-14-16(5-6-17(18)22)19(34(28)31-12-13-32-34)15-33(27)29-10-11-30-33/h2-6,8,14,19,27-28,33-34H,7,9-13,15H2,1H3,(H,24,26). The van der Waals surface area contributed by atoms with Crippen molar-refractivity contribution in [3.05, 3.63) is 54.0 Å². The van der Waals surface area contributed by atoms with Crippen LogP contribution in [0, 0.1) is 5.82 Å². The normalized spacial score (nSPS) is 21.5. The second kappa shape index (κ2) is 10.8. The van der Waals surface area contributed by atoms with Crippen LogP contribution in [0.5, 0.6) is 0 Å². The van der Waals surface area contributed by atoms with E-state index in [1.807, 2.05) is 24.1 Å². The average Bonchev–Trinajstić information content (AvgIpc) is 3.47. The summed E-state index contributed by atoms with van der Waals surface area (Å²) in [6.07, 6.45) is 1.74. The van der Waals surface area contributed by atoms with Crippen molar-refractivity contribution in [3.8, 4) is 0 Å². The van der Waals surface area contributed by atoms with Gasteiger partial charge in [0.15, 0.2) is 0 Å². The van der Waals surface area contributed by atoms with Crippen LogP contribution in [0.15, 0.2) is 42.6 Å². The Morgan fingerprint density at radius 1 is 1.15 bits per heavy atom. The molecule has 2 aromatic rings. The molecule has 3 heterocycles. The maximum atomic E-state index is 14.6. The van der Waals surface area contributed by atoms with Crippen molar-refractivity contribution in [3.63, 3.8) is 0 Å². The number of rotatable bonds is 9. The van der Waals surface area contributed by atoms with Crippen molar-refractivity contribution >= 4 is 33.3 Å². The fourth-order valence-corrected chi connectivity index (χ4v) is 9.45. The first-order valence-corrected chi connectivity index (χ1v) is 14.8. The van der Waals surface area contributed by atoms with Crippen LogP contribution in [0.2, 0.25) is 0 Å². The third-order valence-electron chi connectivity index (χ3n) is 5.72. The number of hydrogen-bond donors (Lipinski definition) is 3. The van der Waals surface area contributed by atoms with Gasteiger partial charge in [-0.2, -0.15) is 0 Å². The molecular weight excluding hydrogens is 487 g/mol. The Kier molecular flexibility index (Phi) is 8.07. The van der Waals surface area contributed by atoms with Crippen LogP contribution in [0.1, 0.15) is 17.6 Å². The second-order valence-corrected chi connectivity index (χ2v) is 13.1. The molecule has 1 unspecified atom stereocenters. The van der Waals surface area contributed by atoms with E-state index < -0.39 is 27.4 Å². The Bertz CT molecular complexity index is 992. The Hall–Kier alpha value is -1.81. The van der Waals surface area contributed by atoms with Crippen LogP contribution < -0.4 is 10.2 Å². The Labute approximate surface area is 198 Å². The minimum atomic E-state index is -3.75. The van der Waals surface area contributed by atoms with Gasteiger partial charge in [-0.3, -0.25) is 0 Å². The summed E-state index contributed by atoms with van der Waals surface area (Å²) in [4.78, 5) is 40.4. The molecule has 1 atom stereocenters. The van der Waals surface area contributed by atoms with E-state index in [2.05, 4.69) is 10.3 Å². The van der Waals surface area contributed by atoms with Crippen LogP contribution in [-0.4, -0.2) is 66.9 Å². The van der Waals surface area contributed by atoms with Gasteiger partial charge in [-0.1, -0.05) is 0 Å². The molecule has 1 amide bonds. The number of hydrogen-bond acceptors (Lipinski definition) is 9. The van der Waals surface area contributed by atoms with Crippen LogP contribution in [0.3, 0.4) is 0 Å². The van der Waals surface area contributed by atoms with E-state index in [0.29, 0.717) is 12.1 Å². The van der Waals surface area contributed by atoms with Gasteiger partial charge in [0.05, 0.1) is 0 Å². The third kappa shape index (κ3) is 6.05. The predicted octanol–water partition coefficient (Wildman–Crippen LogP) is 2.79. The maximum absolute atomic E-state index is 14.6. The van der Waals surface area contributed by atoms with Crippen molar-refractivity contribution in [2.45, 2.75) is 12.1 Å². The molecule has 2 fully saturated rings. The van der Waals surface area contributed by atoms with Gasteiger partial charge in [-0.25, -0.2) is 0 Å². The van der Waals surface area contributed by atoms with E-state index in [1.165, 1.54) is 18.2 Å². The molecule has 13 heteroatoms. The van der Waals surface area contributed by atoms with Crippen LogP contribution in [0.25, 0.3) is 0 Å². The van der Waals surface area contributed by atoms with E-state index in [1.54, 1.807) is 12.3 Å². The van der Waals surface area contributed by atoms with E-state index in [0.717, 1.165) is 5.82 Å². The molecule has 1 aromatic heterocycles. The molecule has 2 aliphatic rings. The van der Waals surface area contributed by atoms with Gasteiger partial charge in [0.2, 0.25) is 0 Å². The summed E-state index contributed by atoms with van der Waals surface area (Å²) in [5, 5.41) is 2.60. The topological polar surface area (TPSA) is 123 Å². The number of aromatic nitrogens is 1. The first kappa shape index (κ1) is 25.3. The SMILES string of the molecule is CN(CCC(=O)Nc1cc(C(C[PH]2(O)OCCO2)[PH]2(O)OCCO2)ccc1F)c1ccccn1. The molecule has 0 aliphatic carbocycles. The second-order valence-electron chi connectivity index (χ2n) is 8.14. The number of carbonyl (C=O) groups excluding carboxylic acids is 1. The van der Waals surface area contributed by atoms with Gasteiger partial charge >= 0.3 is 192 Å². The first-order chi connectivity index (χ1) is 16.3. The summed E-state index contributed by atoms with van der Waals surface area (Å²) < 4.78 is 36.5. The Morgan fingerprint density at radius 3 is 2.53 bits per heavy atom. The number of anilines is 2. The number of pyridine rings is 1. The molecular formula is C21H30FN3O7P2. The summed E-state index contributed by atoms with van der Waals surface area (Å²) >= 11 is 0. The van der Waals surface area contributed by atoms with Crippen molar-refractivity contribution in [2.75, 3.05) is 56.4 Å². The fourth-order valence-electron chi connectivity index (χ4n) is 3.93. The van der Waals surface area contributed by atoms with Crippen LogP contribution in [0.4, 0.5) is 15.9 Å². The molecule has 1 aromatic carbocycles. The molecule has 34 heavy (non-hydrogen) atoms. The summed E-state index contributed by atoms with van der Waals surface area (Å²) in [6.45, 7) is 1.34. The van der Waals surface area contributed by atoms with Gasteiger partial charge in [-0.05, 0) is 6.07 Å². The summed E-state index contributed by atoms with van der Waals surface area (Å²) in [5.74, 6) is -0.283. The van der Waals surface area contributed by atoms with E-state index in [9.17, 15) is 19.0 Å². The summed E-state index contributed by atoms with van der Waals surface area (Å²) in [5.41, 5.74) is -0.375. The fraction of sp³-hybridized carbons (Fsp3) is 0.429. The van der Waals surface area contributed by atoms with Gasteiger partial charge in [0.25, 0.3) is 0 Å². The molecule has 188 valence electrons. The number of benzene rings is 1. The molecule has 3 N–H and O–H groups in total. The van der Waals surface area contributed by atoms with E-state index >= 15 is 0 Å². The zero-order valence-electron chi connectivity index (χ0n) is 18.8. The molecule has 2 aliphatic heterocycles. The molecule has 0 spiro atoms. The number of carbonyl (C=O) groups is 1. The Balaban J connectivity index is 1.48. The van der Waals surface area contributed by atoms with E-state index in [4.69, 9.17) is 18.1 Å². The average molecular weight is 517 g/mol. The quantitative estimate of drug-likeness (QED) is 0.431. The van der Waals surface area contributed by atoms with Crippen molar-refractivity contribution < 1.29 is 37.1 Å². The number of amides is 1. The van der Waals surface area contributed by atoms with Gasteiger partial charge in [0, 0.05) is 0 Å². The molecule has 0 saturated carbocycles. The van der Waals surface area contributed by atoms with Gasteiger partial charge < -0.3 is 0 Å². The molecule has 0 radical (unpaired) electrons. The zero-order chi connectivity index (χ0) is 24.2. The van der Waals surface area contributed by atoms with Crippen molar-refractivity contribution in [1.29, 1.82) is 0 Å². The van der Waals surface area contributed by atoms with Crippen molar-refractivity contribution in [1.82, 2.24) is 4.98 Å². The Morgan fingerprint density at radius 2 is 1.85 bits per heavy atom. The number of nitrogens with one attached hydrogen (secondary N) is 1. The third-order valence-corrected chi connectivity index (χ3v) is 11.0. The van der Waals surface area contributed by atoms with Crippen molar-refractivity contribution in [2.24, 2.45) is 0 Å². The number of halogens is 1. The van der Waals surface area contributed by atoms with Crippen LogP contribution >= 0.6 is 15.9 Å². The molecule has 4 rings (SSSR count). The van der Waals surface area contributed by atoms with Gasteiger partial charge in [0.1, 0.15) is 0 Å². The molecule has 2 saturated heterocycles. The predicted molar refractivity (Wildman–Crippen MR) is 130 cm³/mol. The van der Waals surface area contributed by atoms with E-state index in [-0.39, 0.29) is 50.6 Å². The molecule has 0 bridgehead atoms. The zero-order valence-corrected chi connectivity index (χ0v) is 20.8. The van der Waals surface area contributed by atoms with Gasteiger partial charge in [-0.15, -0.1) is 0 Å². The first-order valence-electron chi connectivity index (χ1n) is 11.0. The summed E-state index contributed by atoms with van der Waals surface area (Å²) in [6, 6.07) is 9.60. The molecule has 10 nitrogen and oxygen atoms in total. The summed E-state index contributed by atoms with van der Waals surface area (Å²) in [7, 11) is -5.48.